The van der Waals surface area contributed by atoms with Crippen LogP contribution in [0.15, 0.2) is 18.2 Å². The normalized spacial score (nSPS) is 17.1. The van der Waals surface area contributed by atoms with Gasteiger partial charge >= 0.3 is 0 Å². The minimum Gasteiger partial charge on any atom is -0.352 e. The predicted octanol–water partition coefficient (Wildman–Crippen LogP) is 2.08. The molecule has 1 aromatic carbocycles. The van der Waals surface area contributed by atoms with Crippen molar-refractivity contribution < 1.29 is 9.72 Å². The van der Waals surface area contributed by atoms with Gasteiger partial charge in [0.25, 0.3) is 5.69 Å². The van der Waals surface area contributed by atoms with Crippen molar-refractivity contribution >= 4 is 24.0 Å². The Kier molecular flexibility index (Phi) is 6.58. The Hall–Kier alpha value is -1.66. The van der Waals surface area contributed by atoms with Gasteiger partial charge in [0.05, 0.1) is 4.92 Å². The van der Waals surface area contributed by atoms with Crippen LogP contribution in [0.1, 0.15) is 30.4 Å². The van der Waals surface area contributed by atoms with Crippen molar-refractivity contribution in [3.63, 3.8) is 0 Å². The van der Waals surface area contributed by atoms with E-state index in [1.165, 1.54) is 6.07 Å². The molecule has 2 rings (SSSR count). The van der Waals surface area contributed by atoms with Crippen molar-refractivity contribution in [2.45, 2.75) is 38.8 Å². The minimum atomic E-state index is -0.400. The number of nitrogens with zero attached hydrogens (tertiary/aromatic N) is 1. The number of nitro benzene ring substituents is 1. The van der Waals surface area contributed by atoms with Crippen LogP contribution < -0.4 is 10.6 Å². The van der Waals surface area contributed by atoms with Crippen LogP contribution in [0, 0.1) is 17.0 Å². The number of halogens is 1. The highest BCUT2D eigenvalue weighted by molar-refractivity contribution is 5.85. The molecule has 0 bridgehead atoms. The molecule has 1 aromatic rings. The van der Waals surface area contributed by atoms with Crippen LogP contribution >= 0.6 is 12.4 Å². The van der Waals surface area contributed by atoms with Crippen LogP contribution in [-0.4, -0.2) is 23.4 Å². The Morgan fingerprint density at radius 2 is 2.29 bits per heavy atom. The molecule has 1 atom stereocenters. The Morgan fingerprint density at radius 3 is 2.90 bits per heavy atom. The van der Waals surface area contributed by atoms with E-state index in [0.29, 0.717) is 18.5 Å². The second-order valence-electron chi connectivity index (χ2n) is 5.09. The maximum Gasteiger partial charge on any atom is 0.272 e. The molecule has 6 nitrogen and oxygen atoms in total. The highest BCUT2D eigenvalue weighted by Crippen LogP contribution is 2.20. The highest BCUT2D eigenvalue weighted by atomic mass is 35.5. The average Bonchev–Trinajstić information content (AvgIpc) is 2.90. The molecule has 1 saturated heterocycles. The molecule has 116 valence electrons. The Bertz CT molecular complexity index is 516. The first-order chi connectivity index (χ1) is 9.58. The molecule has 1 heterocycles. The van der Waals surface area contributed by atoms with Crippen molar-refractivity contribution in [2.24, 2.45) is 0 Å². The fourth-order valence-corrected chi connectivity index (χ4v) is 2.48. The average molecular weight is 314 g/mol. The SMILES string of the molecule is Cc1c(CNC(=O)CC2CCCN2)cccc1[N+](=O)[O-].Cl. The molecular formula is C14H20ClN3O3. The zero-order chi connectivity index (χ0) is 14.5. The summed E-state index contributed by atoms with van der Waals surface area (Å²) in [6.07, 6.45) is 2.61. The molecule has 1 aliphatic heterocycles. The van der Waals surface area contributed by atoms with E-state index in [9.17, 15) is 14.9 Å². The second-order valence-corrected chi connectivity index (χ2v) is 5.09. The largest absolute Gasteiger partial charge is 0.352 e. The predicted molar refractivity (Wildman–Crippen MR) is 82.6 cm³/mol. The summed E-state index contributed by atoms with van der Waals surface area (Å²) in [4.78, 5) is 22.3. The number of carbonyl (C=O) groups is 1. The third-order valence-corrected chi connectivity index (χ3v) is 3.68. The Morgan fingerprint density at radius 1 is 1.52 bits per heavy atom. The van der Waals surface area contributed by atoms with E-state index in [1.807, 2.05) is 0 Å². The summed E-state index contributed by atoms with van der Waals surface area (Å²) in [5.41, 5.74) is 1.48. The summed E-state index contributed by atoms with van der Waals surface area (Å²) in [5, 5.41) is 17.0. The zero-order valence-electron chi connectivity index (χ0n) is 11.9. The first-order valence-electron chi connectivity index (χ1n) is 6.81. The number of rotatable bonds is 5. The molecule has 7 heteroatoms. The summed E-state index contributed by atoms with van der Waals surface area (Å²) in [6, 6.07) is 5.19. The Labute approximate surface area is 129 Å². The molecule has 0 saturated carbocycles. The van der Waals surface area contributed by atoms with E-state index in [2.05, 4.69) is 10.6 Å². The van der Waals surface area contributed by atoms with Crippen LogP contribution in [0.4, 0.5) is 5.69 Å². The lowest BCUT2D eigenvalue weighted by atomic mass is 10.1. The van der Waals surface area contributed by atoms with Crippen LogP contribution in [0.5, 0.6) is 0 Å². The van der Waals surface area contributed by atoms with Crippen molar-refractivity contribution in [3.05, 3.63) is 39.4 Å². The lowest BCUT2D eigenvalue weighted by Crippen LogP contribution is -2.31. The van der Waals surface area contributed by atoms with Gasteiger partial charge in [0.2, 0.25) is 5.91 Å². The molecule has 0 aromatic heterocycles. The van der Waals surface area contributed by atoms with E-state index < -0.39 is 4.92 Å². The van der Waals surface area contributed by atoms with Crippen molar-refractivity contribution in [2.75, 3.05) is 6.54 Å². The molecule has 21 heavy (non-hydrogen) atoms. The molecule has 1 fully saturated rings. The fraction of sp³-hybridized carbons (Fsp3) is 0.500. The quantitative estimate of drug-likeness (QED) is 0.644. The van der Waals surface area contributed by atoms with Gasteiger partial charge in [-0.15, -0.1) is 12.4 Å². The summed E-state index contributed by atoms with van der Waals surface area (Å²) in [7, 11) is 0. The number of hydrogen-bond acceptors (Lipinski definition) is 4. The van der Waals surface area contributed by atoms with Gasteiger partial charge in [-0.3, -0.25) is 14.9 Å². The van der Waals surface area contributed by atoms with Gasteiger partial charge in [-0.1, -0.05) is 12.1 Å². The van der Waals surface area contributed by atoms with E-state index in [0.717, 1.165) is 24.9 Å². The number of nitrogens with one attached hydrogen (secondary N) is 2. The van der Waals surface area contributed by atoms with E-state index in [-0.39, 0.29) is 30.0 Å². The topological polar surface area (TPSA) is 84.3 Å². The summed E-state index contributed by atoms with van der Waals surface area (Å²) >= 11 is 0. The number of benzene rings is 1. The van der Waals surface area contributed by atoms with Crippen LogP contribution in [-0.2, 0) is 11.3 Å². The van der Waals surface area contributed by atoms with Crippen molar-refractivity contribution in [1.29, 1.82) is 0 Å². The van der Waals surface area contributed by atoms with E-state index in [4.69, 9.17) is 0 Å². The Balaban J connectivity index is 0.00000220. The molecule has 1 amide bonds. The third-order valence-electron chi connectivity index (χ3n) is 3.68. The van der Waals surface area contributed by atoms with Gasteiger partial charge in [-0.2, -0.15) is 0 Å². The van der Waals surface area contributed by atoms with Crippen LogP contribution in [0.2, 0.25) is 0 Å². The standard InChI is InChI=1S/C14H19N3O3.ClH/c1-10-11(4-2-6-13(10)17(19)20)9-16-14(18)8-12-5-3-7-15-12;/h2,4,6,12,15H,3,5,7-9H2,1H3,(H,16,18);1H. The molecule has 0 aliphatic carbocycles. The maximum absolute atomic E-state index is 11.8. The number of carbonyl (C=O) groups excluding carboxylic acids is 1. The summed E-state index contributed by atoms with van der Waals surface area (Å²) < 4.78 is 0. The first-order valence-corrected chi connectivity index (χ1v) is 6.81. The lowest BCUT2D eigenvalue weighted by molar-refractivity contribution is -0.385. The first kappa shape index (κ1) is 17.4. The number of hydrogen-bond donors (Lipinski definition) is 2. The van der Waals surface area contributed by atoms with Gasteiger partial charge in [0.15, 0.2) is 0 Å². The van der Waals surface area contributed by atoms with E-state index in [1.54, 1.807) is 19.1 Å². The zero-order valence-corrected chi connectivity index (χ0v) is 12.7. The maximum atomic E-state index is 11.8. The van der Waals surface area contributed by atoms with Gasteiger partial charge in [-0.25, -0.2) is 0 Å². The van der Waals surface area contributed by atoms with Gasteiger partial charge < -0.3 is 10.6 Å². The fourth-order valence-electron chi connectivity index (χ4n) is 2.48. The van der Waals surface area contributed by atoms with Crippen LogP contribution in [0.25, 0.3) is 0 Å². The number of amides is 1. The minimum absolute atomic E-state index is 0. The molecule has 1 aliphatic rings. The highest BCUT2D eigenvalue weighted by Gasteiger charge is 2.18. The van der Waals surface area contributed by atoms with Gasteiger partial charge in [0.1, 0.15) is 0 Å². The monoisotopic (exact) mass is 313 g/mol. The molecule has 1 unspecified atom stereocenters. The molecule has 2 N–H and O–H groups in total. The molecule has 0 spiro atoms. The lowest BCUT2D eigenvalue weighted by Gasteiger charge is -2.11. The van der Waals surface area contributed by atoms with Gasteiger partial charge in [-0.05, 0) is 31.9 Å². The van der Waals surface area contributed by atoms with E-state index >= 15 is 0 Å². The molecule has 0 radical (unpaired) electrons. The number of nitro groups is 1. The van der Waals surface area contributed by atoms with Gasteiger partial charge in [0, 0.05) is 30.6 Å². The molecular weight excluding hydrogens is 294 g/mol. The van der Waals surface area contributed by atoms with Crippen LogP contribution in [0.3, 0.4) is 0 Å². The van der Waals surface area contributed by atoms with Crippen molar-refractivity contribution in [3.8, 4) is 0 Å². The summed E-state index contributed by atoms with van der Waals surface area (Å²) in [5.74, 6) is -0.0182. The third kappa shape index (κ3) is 4.68. The second kappa shape index (κ2) is 7.95. The smallest absolute Gasteiger partial charge is 0.272 e. The summed E-state index contributed by atoms with van der Waals surface area (Å²) in [6.45, 7) is 3.01. The van der Waals surface area contributed by atoms with Crippen molar-refractivity contribution in [1.82, 2.24) is 10.6 Å².